The molecular weight excluding hydrogens is 392 g/mol. The van der Waals surface area contributed by atoms with Crippen molar-refractivity contribution in [2.45, 2.75) is 16.6 Å². The number of ether oxygens (including phenoxy) is 1. The van der Waals surface area contributed by atoms with Gasteiger partial charge in [-0.3, -0.25) is 9.59 Å². The third-order valence-corrected chi connectivity index (χ3v) is 6.23. The summed E-state index contributed by atoms with van der Waals surface area (Å²) in [5, 5.41) is 10.6. The van der Waals surface area contributed by atoms with E-state index in [-0.39, 0.29) is 23.8 Å². The molecule has 7 nitrogen and oxygen atoms in total. The summed E-state index contributed by atoms with van der Waals surface area (Å²) < 4.78 is 5.36. The lowest BCUT2D eigenvalue weighted by Crippen LogP contribution is -2.36. The number of hydrogen-bond donors (Lipinski definition) is 0. The quantitative estimate of drug-likeness (QED) is 0.685. The van der Waals surface area contributed by atoms with Crippen LogP contribution >= 0.6 is 11.8 Å². The molecule has 0 aromatic heterocycles. The second-order valence-electron chi connectivity index (χ2n) is 6.78. The number of benzene rings is 2. The van der Waals surface area contributed by atoms with Gasteiger partial charge < -0.3 is 19.5 Å². The average molecular weight is 411 g/mol. The molecular formula is C21H19N2O5S-. The molecule has 8 heteroatoms. The summed E-state index contributed by atoms with van der Waals surface area (Å²) >= 11 is 1.09. The van der Waals surface area contributed by atoms with E-state index in [0.717, 1.165) is 30.5 Å². The number of carbonyl (C=O) groups excluding carboxylic acids is 3. The van der Waals surface area contributed by atoms with E-state index in [4.69, 9.17) is 4.74 Å². The van der Waals surface area contributed by atoms with Crippen molar-refractivity contribution in [3.8, 4) is 0 Å². The number of carboxylic acid groups (broad SMARTS) is 1. The maximum atomic E-state index is 12.9. The zero-order valence-corrected chi connectivity index (χ0v) is 16.4. The lowest BCUT2D eigenvalue weighted by atomic mass is 10.2. The summed E-state index contributed by atoms with van der Waals surface area (Å²) in [6.07, 6.45) is 0.0239. The molecule has 0 saturated carbocycles. The van der Waals surface area contributed by atoms with Gasteiger partial charge in [0.05, 0.1) is 30.1 Å². The zero-order chi connectivity index (χ0) is 20.4. The minimum absolute atomic E-state index is 0.0195. The maximum absolute atomic E-state index is 12.9. The first kappa shape index (κ1) is 19.5. The molecule has 2 fully saturated rings. The van der Waals surface area contributed by atoms with Crippen LogP contribution in [0.3, 0.4) is 0 Å². The molecule has 0 spiro atoms. The Bertz CT molecular complexity index is 940. The lowest BCUT2D eigenvalue weighted by Gasteiger charge is -2.29. The predicted molar refractivity (Wildman–Crippen MR) is 107 cm³/mol. The fourth-order valence-electron chi connectivity index (χ4n) is 3.49. The van der Waals surface area contributed by atoms with Crippen molar-refractivity contribution in [2.75, 3.05) is 36.1 Å². The predicted octanol–water partition coefficient (Wildman–Crippen LogP) is 1.31. The highest BCUT2D eigenvalue weighted by atomic mass is 32.2. The first-order valence-electron chi connectivity index (χ1n) is 9.31. The molecule has 0 aliphatic carbocycles. The third-order valence-electron chi connectivity index (χ3n) is 4.97. The van der Waals surface area contributed by atoms with E-state index in [2.05, 4.69) is 4.90 Å². The summed E-state index contributed by atoms with van der Waals surface area (Å²) in [5.74, 6) is -1.94. The SMILES string of the molecule is O=C([O-])c1ccccc1SC1CC(=O)N(c2ccc(N3CCOCC3)cc2)C1=O. The average Bonchev–Trinajstić information content (AvgIpc) is 3.02. The second-order valence-corrected chi connectivity index (χ2v) is 8.02. The number of carbonyl (C=O) groups is 3. The van der Waals surface area contributed by atoms with Crippen molar-refractivity contribution in [1.29, 1.82) is 0 Å². The number of morpholine rings is 1. The first-order valence-corrected chi connectivity index (χ1v) is 10.2. The molecule has 29 heavy (non-hydrogen) atoms. The van der Waals surface area contributed by atoms with Gasteiger partial charge in [0, 0.05) is 35.7 Å². The van der Waals surface area contributed by atoms with Crippen LogP contribution in [0.15, 0.2) is 53.4 Å². The Hall–Kier alpha value is -2.84. The summed E-state index contributed by atoms with van der Waals surface area (Å²) in [6, 6.07) is 13.7. The van der Waals surface area contributed by atoms with Crippen molar-refractivity contribution in [1.82, 2.24) is 0 Å². The van der Waals surface area contributed by atoms with Crippen LogP contribution < -0.4 is 14.9 Å². The van der Waals surface area contributed by atoms with Crippen LogP contribution in [-0.2, 0) is 14.3 Å². The molecule has 0 bridgehead atoms. The molecule has 4 rings (SSSR count). The van der Waals surface area contributed by atoms with Gasteiger partial charge in [-0.2, -0.15) is 0 Å². The number of aromatic carboxylic acids is 1. The fraction of sp³-hybridized carbons (Fsp3) is 0.286. The zero-order valence-electron chi connectivity index (χ0n) is 15.6. The molecule has 2 aromatic carbocycles. The summed E-state index contributed by atoms with van der Waals surface area (Å²) in [6.45, 7) is 2.96. The molecule has 0 N–H and O–H groups in total. The van der Waals surface area contributed by atoms with Crippen LogP contribution in [0, 0.1) is 0 Å². The number of carboxylic acids is 1. The molecule has 2 aromatic rings. The highest BCUT2D eigenvalue weighted by Gasteiger charge is 2.40. The van der Waals surface area contributed by atoms with Crippen LogP contribution in [-0.4, -0.2) is 49.3 Å². The Kier molecular flexibility index (Phi) is 5.55. The third kappa shape index (κ3) is 3.99. The molecule has 2 aliphatic heterocycles. The van der Waals surface area contributed by atoms with E-state index < -0.39 is 11.2 Å². The van der Waals surface area contributed by atoms with Crippen LogP contribution in [0.5, 0.6) is 0 Å². The standard InChI is InChI=1S/C21H20N2O5S/c24-19-13-18(29-17-4-2-1-3-16(17)21(26)27)20(25)23(19)15-7-5-14(6-8-15)22-9-11-28-12-10-22/h1-8,18H,9-13H2,(H,26,27)/p-1. The Labute approximate surface area is 172 Å². The smallest absolute Gasteiger partial charge is 0.247 e. The minimum atomic E-state index is -1.31. The van der Waals surface area contributed by atoms with Gasteiger partial charge >= 0.3 is 0 Å². The van der Waals surface area contributed by atoms with Gasteiger partial charge in [-0.15, -0.1) is 11.8 Å². The molecule has 2 heterocycles. The van der Waals surface area contributed by atoms with Crippen molar-refractivity contribution in [2.24, 2.45) is 0 Å². The number of thioether (sulfide) groups is 1. The normalized spacial score (nSPS) is 19.7. The topological polar surface area (TPSA) is 90.0 Å². The van der Waals surface area contributed by atoms with Crippen molar-refractivity contribution < 1.29 is 24.2 Å². The summed E-state index contributed by atoms with van der Waals surface area (Å²) in [4.78, 5) is 40.5. The van der Waals surface area contributed by atoms with Gasteiger partial charge in [-0.05, 0) is 30.3 Å². The van der Waals surface area contributed by atoms with Crippen LogP contribution in [0.1, 0.15) is 16.8 Å². The number of hydrogen-bond acceptors (Lipinski definition) is 7. The van der Waals surface area contributed by atoms with Gasteiger partial charge in [-0.1, -0.05) is 18.2 Å². The number of amides is 2. The molecule has 0 radical (unpaired) electrons. The van der Waals surface area contributed by atoms with Crippen LogP contribution in [0.25, 0.3) is 0 Å². The van der Waals surface area contributed by atoms with Crippen molar-refractivity contribution in [3.05, 3.63) is 54.1 Å². The van der Waals surface area contributed by atoms with Gasteiger partial charge in [0.2, 0.25) is 11.8 Å². The first-order chi connectivity index (χ1) is 14.0. The molecule has 1 unspecified atom stereocenters. The van der Waals surface area contributed by atoms with Gasteiger partial charge in [0.25, 0.3) is 0 Å². The van der Waals surface area contributed by atoms with Gasteiger partial charge in [0.1, 0.15) is 0 Å². The highest BCUT2D eigenvalue weighted by molar-refractivity contribution is 8.00. The number of nitrogens with zero attached hydrogens (tertiary/aromatic N) is 2. The van der Waals surface area contributed by atoms with Gasteiger partial charge in [-0.25, -0.2) is 4.90 Å². The monoisotopic (exact) mass is 411 g/mol. The molecule has 2 aliphatic rings. The molecule has 2 saturated heterocycles. The van der Waals surface area contributed by atoms with Crippen molar-refractivity contribution in [3.63, 3.8) is 0 Å². The van der Waals surface area contributed by atoms with Crippen LogP contribution in [0.2, 0.25) is 0 Å². The Morgan fingerprint density at radius 2 is 1.66 bits per heavy atom. The van der Waals surface area contributed by atoms with E-state index in [0.29, 0.717) is 23.8 Å². The van der Waals surface area contributed by atoms with E-state index in [1.54, 1.807) is 30.3 Å². The largest absolute Gasteiger partial charge is 0.545 e. The Morgan fingerprint density at radius 1 is 1.00 bits per heavy atom. The highest BCUT2D eigenvalue weighted by Crippen LogP contribution is 2.35. The lowest BCUT2D eigenvalue weighted by molar-refractivity contribution is -0.255. The summed E-state index contributed by atoms with van der Waals surface area (Å²) in [7, 11) is 0. The van der Waals surface area contributed by atoms with Gasteiger partial charge in [0.15, 0.2) is 0 Å². The Morgan fingerprint density at radius 3 is 2.34 bits per heavy atom. The summed E-state index contributed by atoms with van der Waals surface area (Å²) in [5.41, 5.74) is 1.56. The molecule has 1 atom stereocenters. The number of anilines is 2. The van der Waals surface area contributed by atoms with Crippen LogP contribution in [0.4, 0.5) is 11.4 Å². The Balaban J connectivity index is 1.50. The number of rotatable bonds is 5. The second kappa shape index (κ2) is 8.26. The van der Waals surface area contributed by atoms with E-state index in [1.165, 1.54) is 11.0 Å². The van der Waals surface area contributed by atoms with Crippen molar-refractivity contribution >= 4 is 40.9 Å². The fourth-order valence-corrected chi connectivity index (χ4v) is 4.67. The van der Waals surface area contributed by atoms with E-state index in [9.17, 15) is 19.5 Å². The van der Waals surface area contributed by atoms with E-state index >= 15 is 0 Å². The molecule has 150 valence electrons. The maximum Gasteiger partial charge on any atom is 0.247 e. The van der Waals surface area contributed by atoms with E-state index in [1.807, 2.05) is 12.1 Å². The number of imide groups is 1. The minimum Gasteiger partial charge on any atom is -0.545 e. The molecule has 2 amide bonds.